The molecule has 0 aliphatic heterocycles. The molecule has 6 heteroatoms. The smallest absolute Gasteiger partial charge is 0.271 e. The Bertz CT molecular complexity index is 822. The standard InChI is InChI=1S/C14H13N5O/c1-8-6-12(9-4-2-3-5-11(9)17-8)19-7-10(15)13(18-19)14(16)20/h2-7H,15H2,1H3,(H2,16,20). The van der Waals surface area contributed by atoms with Gasteiger partial charge in [-0.15, -0.1) is 0 Å². The molecule has 1 amide bonds. The maximum absolute atomic E-state index is 11.3. The minimum absolute atomic E-state index is 0.0727. The largest absolute Gasteiger partial charge is 0.396 e. The number of rotatable bonds is 2. The third kappa shape index (κ3) is 1.87. The Kier molecular flexibility index (Phi) is 2.64. The van der Waals surface area contributed by atoms with Crippen LogP contribution in [0.2, 0.25) is 0 Å². The third-order valence-corrected chi connectivity index (χ3v) is 3.05. The molecule has 0 spiro atoms. The van der Waals surface area contributed by atoms with Crippen LogP contribution in [0, 0.1) is 6.92 Å². The van der Waals surface area contributed by atoms with Crippen molar-refractivity contribution < 1.29 is 4.79 Å². The Hall–Kier alpha value is -2.89. The van der Waals surface area contributed by atoms with Gasteiger partial charge >= 0.3 is 0 Å². The quantitative estimate of drug-likeness (QED) is 0.733. The van der Waals surface area contributed by atoms with E-state index in [1.54, 1.807) is 10.9 Å². The molecule has 0 fully saturated rings. The number of nitrogen functional groups attached to an aromatic ring is 1. The average Bonchev–Trinajstić information content (AvgIpc) is 2.80. The second-order valence-electron chi connectivity index (χ2n) is 4.54. The van der Waals surface area contributed by atoms with E-state index in [1.807, 2.05) is 37.3 Å². The summed E-state index contributed by atoms with van der Waals surface area (Å²) >= 11 is 0. The number of primary amides is 1. The van der Waals surface area contributed by atoms with Gasteiger partial charge in [0.25, 0.3) is 5.91 Å². The van der Waals surface area contributed by atoms with Crippen molar-refractivity contribution in [1.29, 1.82) is 0 Å². The van der Waals surface area contributed by atoms with Gasteiger partial charge in [-0.2, -0.15) is 5.10 Å². The molecule has 0 unspecified atom stereocenters. The number of fused-ring (bicyclic) bond motifs is 1. The summed E-state index contributed by atoms with van der Waals surface area (Å²) in [6.45, 7) is 1.90. The van der Waals surface area contributed by atoms with Crippen molar-refractivity contribution in [3.8, 4) is 5.69 Å². The van der Waals surface area contributed by atoms with Gasteiger partial charge in [0.2, 0.25) is 0 Å². The van der Waals surface area contributed by atoms with Crippen LogP contribution < -0.4 is 11.5 Å². The van der Waals surface area contributed by atoms with Gasteiger partial charge in [-0.3, -0.25) is 9.78 Å². The molecule has 20 heavy (non-hydrogen) atoms. The predicted molar refractivity (Wildman–Crippen MR) is 76.5 cm³/mol. The fourth-order valence-electron chi connectivity index (χ4n) is 2.18. The van der Waals surface area contributed by atoms with Crippen LogP contribution >= 0.6 is 0 Å². The van der Waals surface area contributed by atoms with Gasteiger partial charge in [0.1, 0.15) is 0 Å². The van der Waals surface area contributed by atoms with Gasteiger partial charge < -0.3 is 11.5 Å². The summed E-state index contributed by atoms with van der Waals surface area (Å²) in [6, 6.07) is 9.60. The maximum Gasteiger partial charge on any atom is 0.271 e. The number of anilines is 1. The van der Waals surface area contributed by atoms with E-state index in [1.165, 1.54) is 0 Å². The van der Waals surface area contributed by atoms with Crippen LogP contribution in [-0.4, -0.2) is 20.7 Å². The van der Waals surface area contributed by atoms with E-state index >= 15 is 0 Å². The highest BCUT2D eigenvalue weighted by Gasteiger charge is 2.14. The first-order chi connectivity index (χ1) is 9.56. The Morgan fingerprint density at radius 3 is 2.75 bits per heavy atom. The van der Waals surface area contributed by atoms with Gasteiger partial charge in [-0.05, 0) is 19.1 Å². The second-order valence-corrected chi connectivity index (χ2v) is 4.54. The second kappa shape index (κ2) is 4.34. The van der Waals surface area contributed by atoms with Crippen LogP contribution in [-0.2, 0) is 0 Å². The molecule has 3 aromatic rings. The monoisotopic (exact) mass is 267 g/mol. The summed E-state index contributed by atoms with van der Waals surface area (Å²) in [5.41, 5.74) is 13.9. The number of pyridine rings is 1. The molecule has 100 valence electrons. The number of carbonyl (C=O) groups is 1. The van der Waals surface area contributed by atoms with Gasteiger partial charge in [0.05, 0.1) is 23.1 Å². The number of benzene rings is 1. The lowest BCUT2D eigenvalue weighted by Gasteiger charge is -2.07. The number of carbonyl (C=O) groups excluding carboxylic acids is 1. The number of aryl methyl sites for hydroxylation is 1. The van der Waals surface area contributed by atoms with Crippen LogP contribution in [0.3, 0.4) is 0 Å². The number of hydrogen-bond donors (Lipinski definition) is 2. The first kappa shape index (κ1) is 12.2. The number of para-hydroxylation sites is 1. The SMILES string of the molecule is Cc1cc(-n2cc(N)c(C(N)=O)n2)c2ccccc2n1. The summed E-state index contributed by atoms with van der Waals surface area (Å²) in [7, 11) is 0. The normalized spacial score (nSPS) is 10.8. The Labute approximate surface area is 115 Å². The fourth-order valence-corrected chi connectivity index (χ4v) is 2.18. The number of nitrogens with two attached hydrogens (primary N) is 2. The van der Waals surface area contributed by atoms with Crippen molar-refractivity contribution in [3.63, 3.8) is 0 Å². The van der Waals surface area contributed by atoms with Crippen LogP contribution in [0.4, 0.5) is 5.69 Å². The molecule has 0 saturated carbocycles. The molecule has 1 aromatic carbocycles. The van der Waals surface area contributed by atoms with E-state index in [2.05, 4.69) is 10.1 Å². The molecule has 0 bridgehead atoms. The van der Waals surface area contributed by atoms with Crippen molar-refractivity contribution in [1.82, 2.24) is 14.8 Å². The molecule has 0 radical (unpaired) electrons. The average molecular weight is 267 g/mol. The number of hydrogen-bond acceptors (Lipinski definition) is 4. The van der Waals surface area contributed by atoms with E-state index in [0.29, 0.717) is 0 Å². The molecule has 2 heterocycles. The molecule has 0 aliphatic carbocycles. The van der Waals surface area contributed by atoms with E-state index in [-0.39, 0.29) is 11.4 Å². The minimum Gasteiger partial charge on any atom is -0.396 e. The highest BCUT2D eigenvalue weighted by atomic mass is 16.1. The summed E-state index contributed by atoms with van der Waals surface area (Å²) in [6.07, 6.45) is 1.58. The molecule has 2 aromatic heterocycles. The number of aromatic nitrogens is 3. The lowest BCUT2D eigenvalue weighted by Crippen LogP contribution is -2.14. The fraction of sp³-hybridized carbons (Fsp3) is 0.0714. The summed E-state index contributed by atoms with van der Waals surface area (Å²) in [4.78, 5) is 15.7. The Morgan fingerprint density at radius 1 is 1.30 bits per heavy atom. The van der Waals surface area contributed by atoms with Crippen molar-refractivity contribution >= 4 is 22.5 Å². The Morgan fingerprint density at radius 2 is 2.05 bits per heavy atom. The van der Waals surface area contributed by atoms with Gasteiger partial charge in [0, 0.05) is 11.1 Å². The van der Waals surface area contributed by atoms with Gasteiger partial charge in [-0.25, -0.2) is 4.68 Å². The summed E-state index contributed by atoms with van der Waals surface area (Å²) in [5.74, 6) is -0.642. The third-order valence-electron chi connectivity index (χ3n) is 3.05. The minimum atomic E-state index is -0.642. The molecular formula is C14H13N5O. The van der Waals surface area contributed by atoms with Crippen LogP contribution in [0.25, 0.3) is 16.6 Å². The lowest BCUT2D eigenvalue weighted by molar-refractivity contribution is 0.0996. The summed E-state index contributed by atoms with van der Waals surface area (Å²) in [5, 5.41) is 5.09. The molecular weight excluding hydrogens is 254 g/mol. The number of nitrogens with zero attached hydrogens (tertiary/aromatic N) is 3. The van der Waals surface area contributed by atoms with E-state index in [0.717, 1.165) is 22.3 Å². The summed E-state index contributed by atoms with van der Waals surface area (Å²) < 4.78 is 1.56. The predicted octanol–water partition coefficient (Wildman–Crippen LogP) is 1.41. The lowest BCUT2D eigenvalue weighted by atomic mass is 10.1. The highest BCUT2D eigenvalue weighted by molar-refractivity contribution is 5.96. The molecule has 6 nitrogen and oxygen atoms in total. The zero-order valence-corrected chi connectivity index (χ0v) is 10.9. The topological polar surface area (TPSA) is 99.8 Å². The zero-order valence-electron chi connectivity index (χ0n) is 10.9. The zero-order chi connectivity index (χ0) is 14.3. The van der Waals surface area contributed by atoms with E-state index in [4.69, 9.17) is 11.5 Å². The number of amides is 1. The molecule has 3 rings (SSSR count). The van der Waals surface area contributed by atoms with Crippen LogP contribution in [0.1, 0.15) is 16.2 Å². The molecule has 4 N–H and O–H groups in total. The molecule has 0 saturated heterocycles. The van der Waals surface area contributed by atoms with Crippen LogP contribution in [0.15, 0.2) is 36.5 Å². The highest BCUT2D eigenvalue weighted by Crippen LogP contribution is 2.23. The van der Waals surface area contributed by atoms with Crippen molar-refractivity contribution in [2.45, 2.75) is 6.92 Å². The Balaban J connectivity index is 2.29. The van der Waals surface area contributed by atoms with Crippen molar-refractivity contribution in [3.05, 3.63) is 47.9 Å². The van der Waals surface area contributed by atoms with E-state index in [9.17, 15) is 4.79 Å². The van der Waals surface area contributed by atoms with Gasteiger partial charge in [-0.1, -0.05) is 18.2 Å². The van der Waals surface area contributed by atoms with Crippen LogP contribution in [0.5, 0.6) is 0 Å². The maximum atomic E-state index is 11.3. The molecule has 0 aliphatic rings. The van der Waals surface area contributed by atoms with Crippen molar-refractivity contribution in [2.75, 3.05) is 5.73 Å². The first-order valence-corrected chi connectivity index (χ1v) is 6.08. The molecule has 0 atom stereocenters. The van der Waals surface area contributed by atoms with Gasteiger partial charge in [0.15, 0.2) is 5.69 Å². The van der Waals surface area contributed by atoms with Crippen molar-refractivity contribution in [2.24, 2.45) is 5.73 Å². The van der Waals surface area contributed by atoms with E-state index < -0.39 is 5.91 Å². The first-order valence-electron chi connectivity index (χ1n) is 6.08.